The van der Waals surface area contributed by atoms with Crippen LogP contribution < -0.4 is 4.72 Å². The topological polar surface area (TPSA) is 68.1 Å². The first kappa shape index (κ1) is 22.3. The fraction of sp³-hybridized carbons (Fsp3) is 0.562. The van der Waals surface area contributed by atoms with Gasteiger partial charge in [-0.1, -0.05) is 15.9 Å². The fourth-order valence-electron chi connectivity index (χ4n) is 1.92. The smallest absolute Gasteiger partial charge is 0.296 e. The Labute approximate surface area is 157 Å². The Balaban J connectivity index is 3.40. The van der Waals surface area contributed by atoms with Gasteiger partial charge in [-0.15, -0.1) is 4.72 Å². The summed E-state index contributed by atoms with van der Waals surface area (Å²) in [7, 11) is 0. The number of nitrogens with zero attached hydrogens (tertiary/aromatic N) is 1. The van der Waals surface area contributed by atoms with E-state index in [-0.39, 0.29) is 5.56 Å². The van der Waals surface area contributed by atoms with Crippen molar-refractivity contribution >= 4 is 27.3 Å². The molecule has 0 aliphatic carbocycles. The molecule has 0 spiro atoms. The summed E-state index contributed by atoms with van der Waals surface area (Å²) in [6, 6.07) is 5.23. The second kappa shape index (κ2) is 8.27. The highest BCUT2D eigenvalue weighted by atomic mass is 79.9. The van der Waals surface area contributed by atoms with Gasteiger partial charge in [0.2, 0.25) is 0 Å². The lowest BCUT2D eigenvalue weighted by atomic mass is 9.86. The summed E-state index contributed by atoms with van der Waals surface area (Å²) < 4.78 is 63.3. The molecule has 1 rings (SSSR count). The van der Waals surface area contributed by atoms with Crippen molar-refractivity contribution in [3.63, 3.8) is 0 Å². The molecule has 140 valence electrons. The number of halogens is 4. The van der Waals surface area contributed by atoms with Crippen molar-refractivity contribution in [3.05, 3.63) is 34.1 Å². The molecule has 25 heavy (non-hydrogen) atoms. The van der Waals surface area contributed by atoms with Crippen LogP contribution in [0.15, 0.2) is 22.7 Å². The van der Waals surface area contributed by atoms with E-state index in [1.165, 1.54) is 12.1 Å². The van der Waals surface area contributed by atoms with E-state index in [4.69, 9.17) is 5.26 Å². The van der Waals surface area contributed by atoms with Crippen molar-refractivity contribution in [1.82, 2.24) is 4.72 Å². The number of rotatable bonds is 7. The molecule has 1 N–H and O–H groups in total. The van der Waals surface area contributed by atoms with E-state index in [9.17, 15) is 17.7 Å². The third kappa shape index (κ3) is 5.34. The van der Waals surface area contributed by atoms with Crippen LogP contribution in [-0.2, 0) is 21.6 Å². The fourth-order valence-corrected chi connectivity index (χ4v) is 3.21. The molecule has 0 aliphatic rings. The molecule has 0 amide bonds. The maximum atomic E-state index is 14.9. The molecule has 0 radical (unpaired) electrons. The van der Waals surface area contributed by atoms with E-state index in [0.717, 1.165) is 13.0 Å². The summed E-state index contributed by atoms with van der Waals surface area (Å²) in [5.74, 6) is -4.52. The molecule has 0 saturated carbocycles. The van der Waals surface area contributed by atoms with Gasteiger partial charge in [-0.3, -0.25) is 0 Å². The second-order valence-electron chi connectivity index (χ2n) is 6.59. The first-order chi connectivity index (χ1) is 11.3. The van der Waals surface area contributed by atoms with E-state index in [0.29, 0.717) is 4.47 Å². The number of nitrogens with one attached hydrogen (secondary N) is 1. The highest BCUT2D eigenvalue weighted by Crippen LogP contribution is 2.41. The maximum Gasteiger partial charge on any atom is 0.296 e. The van der Waals surface area contributed by atoms with Crippen molar-refractivity contribution in [3.8, 4) is 6.07 Å². The maximum absolute atomic E-state index is 14.9. The third-order valence-corrected chi connectivity index (χ3v) is 5.70. The monoisotopic (exact) mass is 440 g/mol. The van der Waals surface area contributed by atoms with Gasteiger partial charge >= 0.3 is 0 Å². The van der Waals surface area contributed by atoms with Crippen LogP contribution in [0.2, 0.25) is 0 Å². The van der Waals surface area contributed by atoms with Gasteiger partial charge in [-0.25, -0.2) is 13.2 Å². The van der Waals surface area contributed by atoms with Gasteiger partial charge in [0, 0.05) is 21.4 Å². The van der Waals surface area contributed by atoms with Crippen LogP contribution in [0.25, 0.3) is 0 Å². The Morgan fingerprint density at radius 2 is 1.92 bits per heavy atom. The molecular formula is C16H20BrF3N2O2S. The van der Waals surface area contributed by atoms with Gasteiger partial charge in [0.05, 0.1) is 6.07 Å². The first-order valence-corrected chi connectivity index (χ1v) is 9.27. The lowest BCUT2D eigenvalue weighted by molar-refractivity contribution is -0.128. The Hall–Kier alpha value is -0.790. The standard InChI is InChI=1S/C16H20BrF3N2O2S/c1-14(2,3)25(23)22-15(4,16(19,20)10-24-8-7-21)12-9-11(17)5-6-13(12)18/h5-6,9,22H,8,10H2,1-4H3/t15-,25+/m1/s1. The molecule has 0 aromatic heterocycles. The third-order valence-electron chi connectivity index (χ3n) is 3.50. The quantitative estimate of drug-likeness (QED) is 0.513. The molecule has 0 saturated heterocycles. The zero-order chi connectivity index (χ0) is 19.5. The summed E-state index contributed by atoms with van der Waals surface area (Å²) in [5, 5.41) is 8.47. The molecular weight excluding hydrogens is 421 g/mol. The lowest BCUT2D eigenvalue weighted by Crippen LogP contribution is -2.60. The van der Waals surface area contributed by atoms with Crippen LogP contribution in [0.3, 0.4) is 0 Å². The summed E-state index contributed by atoms with van der Waals surface area (Å²) in [6.45, 7) is 4.23. The Kier molecular flexibility index (Phi) is 7.36. The number of ether oxygens (including phenoxy) is 1. The van der Waals surface area contributed by atoms with Gasteiger partial charge in [0.25, 0.3) is 5.92 Å². The van der Waals surface area contributed by atoms with Crippen LogP contribution in [0.4, 0.5) is 13.2 Å². The Morgan fingerprint density at radius 3 is 2.44 bits per heavy atom. The summed E-state index contributed by atoms with van der Waals surface area (Å²) in [6.07, 6.45) is 0. The van der Waals surface area contributed by atoms with Crippen LogP contribution >= 0.6 is 15.9 Å². The van der Waals surface area contributed by atoms with Gasteiger partial charge in [0.15, 0.2) is 5.54 Å². The number of alkyl halides is 2. The van der Waals surface area contributed by atoms with E-state index >= 15 is 0 Å². The minimum absolute atomic E-state index is 0.356. The molecule has 0 aliphatic heterocycles. The van der Waals surface area contributed by atoms with Crippen molar-refractivity contribution in [2.75, 3.05) is 13.2 Å². The van der Waals surface area contributed by atoms with Gasteiger partial charge in [-0.05, 0) is 45.9 Å². The normalized spacial score (nSPS) is 16.2. The number of nitriles is 1. The van der Waals surface area contributed by atoms with E-state index in [1.54, 1.807) is 26.8 Å². The van der Waals surface area contributed by atoms with Crippen molar-refractivity contribution in [2.45, 2.75) is 43.9 Å². The molecule has 1 aromatic carbocycles. The number of hydrogen-bond donors (Lipinski definition) is 1. The molecule has 1 aromatic rings. The van der Waals surface area contributed by atoms with Gasteiger partial charge in [0.1, 0.15) is 23.8 Å². The molecule has 0 heterocycles. The van der Waals surface area contributed by atoms with Crippen molar-refractivity contribution in [2.24, 2.45) is 0 Å². The zero-order valence-electron chi connectivity index (χ0n) is 14.3. The summed E-state index contributed by atoms with van der Waals surface area (Å²) in [5.41, 5.74) is -2.68. The largest absolute Gasteiger partial charge is 0.598 e. The highest BCUT2D eigenvalue weighted by molar-refractivity contribution is 9.10. The second-order valence-corrected chi connectivity index (χ2v) is 9.47. The van der Waals surface area contributed by atoms with E-state index in [2.05, 4.69) is 25.4 Å². The minimum Gasteiger partial charge on any atom is -0.598 e. The predicted octanol–water partition coefficient (Wildman–Crippen LogP) is 4.03. The predicted molar refractivity (Wildman–Crippen MR) is 93.9 cm³/mol. The highest BCUT2D eigenvalue weighted by Gasteiger charge is 2.56. The van der Waals surface area contributed by atoms with Crippen molar-refractivity contribution in [1.29, 1.82) is 5.26 Å². The van der Waals surface area contributed by atoms with Crippen LogP contribution in [0.5, 0.6) is 0 Å². The van der Waals surface area contributed by atoms with Gasteiger partial charge in [-0.2, -0.15) is 5.26 Å². The number of hydrogen-bond acceptors (Lipinski definition) is 4. The van der Waals surface area contributed by atoms with Crippen LogP contribution in [-0.4, -0.2) is 28.4 Å². The van der Waals surface area contributed by atoms with Crippen LogP contribution in [0, 0.1) is 17.1 Å². The SMILES string of the molecule is CC(C)(C)[S@+]([O-])N[C@](C)(c1cc(Br)ccc1F)C(F)(F)COCC#N. The minimum atomic E-state index is -3.65. The Morgan fingerprint density at radius 1 is 1.32 bits per heavy atom. The molecule has 0 fully saturated rings. The first-order valence-electron chi connectivity index (χ1n) is 7.33. The average Bonchev–Trinajstić information content (AvgIpc) is 2.48. The molecule has 2 atom stereocenters. The average molecular weight is 441 g/mol. The van der Waals surface area contributed by atoms with Crippen molar-refractivity contribution < 1.29 is 22.5 Å². The van der Waals surface area contributed by atoms with Crippen LogP contribution in [0.1, 0.15) is 33.3 Å². The zero-order valence-corrected chi connectivity index (χ0v) is 16.7. The molecule has 9 heteroatoms. The summed E-state index contributed by atoms with van der Waals surface area (Å²) in [4.78, 5) is 0. The Bertz CT molecular complexity index is 649. The molecule has 0 bridgehead atoms. The van der Waals surface area contributed by atoms with E-state index < -0.39 is 46.6 Å². The number of benzene rings is 1. The van der Waals surface area contributed by atoms with Gasteiger partial charge < -0.3 is 9.29 Å². The van der Waals surface area contributed by atoms with E-state index in [1.807, 2.05) is 0 Å². The summed E-state index contributed by atoms with van der Waals surface area (Å²) >= 11 is 1.23. The molecule has 0 unspecified atom stereocenters. The lowest BCUT2D eigenvalue weighted by Gasteiger charge is -2.40. The molecule has 4 nitrogen and oxygen atoms in total.